The fourth-order valence-electron chi connectivity index (χ4n) is 0.785. The fraction of sp³-hybridized carbons (Fsp3) is 0.333. The zero-order valence-corrected chi connectivity index (χ0v) is 12.1. The minimum Gasteiger partial charge on any atom is -1.00 e. The third kappa shape index (κ3) is 4.92. The third-order valence-corrected chi connectivity index (χ3v) is 1.41. The quantitative estimate of drug-likeness (QED) is 0.377. The largest absolute Gasteiger partial charge is 2.00 e. The molecule has 0 atom stereocenters. The van der Waals surface area contributed by atoms with Crippen molar-refractivity contribution in [3.63, 3.8) is 0 Å². The van der Waals surface area contributed by atoms with Crippen LogP contribution < -0.4 is 24.0 Å². The molecule has 2 heteroatoms. The van der Waals surface area contributed by atoms with E-state index in [2.05, 4.69) is 32.0 Å². The summed E-state index contributed by atoms with van der Waals surface area (Å²) in [5.74, 6) is 0.639. The van der Waals surface area contributed by atoms with Gasteiger partial charge in [0.1, 0.15) is 0 Å². The van der Waals surface area contributed by atoms with Crippen LogP contribution in [0, 0.1) is 6.07 Å². The van der Waals surface area contributed by atoms with Gasteiger partial charge in [-0.05, 0) is 5.92 Å². The summed E-state index contributed by atoms with van der Waals surface area (Å²) in [5.41, 5.74) is 1.38. The van der Waals surface area contributed by atoms with E-state index in [1.807, 2.05) is 12.1 Å². The van der Waals surface area contributed by atoms with Crippen molar-refractivity contribution in [1.29, 1.82) is 0 Å². The summed E-state index contributed by atoms with van der Waals surface area (Å²) in [7, 11) is 0. The van der Waals surface area contributed by atoms with Crippen LogP contribution in [0.4, 0.5) is 0 Å². The molecular weight excluding hydrogens is 300 g/mol. The van der Waals surface area contributed by atoms with E-state index in [9.17, 15) is 0 Å². The van der Waals surface area contributed by atoms with Crippen molar-refractivity contribution >= 4 is 0 Å². The summed E-state index contributed by atoms with van der Waals surface area (Å²) in [6.45, 7) is 4.38. The molecule has 0 aliphatic rings. The van der Waals surface area contributed by atoms with Crippen LogP contribution in [0.5, 0.6) is 0 Å². The van der Waals surface area contributed by atoms with E-state index >= 15 is 0 Å². The average Bonchev–Trinajstić information content (AvgIpc) is 1.90. The maximum Gasteiger partial charge on any atom is 2.00 e. The average molecular weight is 311 g/mol. The van der Waals surface area contributed by atoms with E-state index in [0.29, 0.717) is 5.92 Å². The maximum absolute atomic E-state index is 2.99. The molecule has 0 fully saturated rings. The Morgan fingerprint density at radius 3 is 1.91 bits per heavy atom. The predicted octanol–water partition coefficient (Wildman–Crippen LogP) is -0.388. The van der Waals surface area contributed by atoms with Gasteiger partial charge in [-0.2, -0.15) is 35.9 Å². The second-order valence-corrected chi connectivity index (χ2v) is 2.49. The molecule has 0 N–H and O–H groups in total. The van der Waals surface area contributed by atoms with E-state index < -0.39 is 0 Å². The monoisotopic (exact) mass is 310 g/mol. The van der Waals surface area contributed by atoms with Crippen molar-refractivity contribution in [3.05, 3.63) is 35.9 Å². The molecule has 0 aromatic heterocycles. The molecule has 0 radical (unpaired) electrons. The summed E-state index contributed by atoms with van der Waals surface area (Å²) in [5, 5.41) is 0. The van der Waals surface area contributed by atoms with Gasteiger partial charge in [0.2, 0.25) is 0 Å². The number of hydrogen-bond donors (Lipinski definition) is 0. The van der Waals surface area contributed by atoms with Gasteiger partial charge in [-0.1, -0.05) is 13.8 Å². The summed E-state index contributed by atoms with van der Waals surface area (Å²) < 4.78 is 0. The summed E-state index contributed by atoms with van der Waals surface area (Å²) >= 11 is 0. The standard InChI is InChI=1S/C9H11.HI.Zn/c1-8(2)9-6-4-3-5-7-9;;/h4-8H,1-2H3;1H;/q-1;;+2/p-1. The molecule has 0 aliphatic carbocycles. The topological polar surface area (TPSA) is 0 Å². The van der Waals surface area contributed by atoms with Crippen molar-refractivity contribution in [1.82, 2.24) is 0 Å². The molecule has 56 valence electrons. The predicted molar refractivity (Wildman–Crippen MR) is 39.4 cm³/mol. The van der Waals surface area contributed by atoms with Gasteiger partial charge in [-0.25, -0.2) is 0 Å². The molecule has 1 aromatic rings. The van der Waals surface area contributed by atoms with E-state index in [1.54, 1.807) is 0 Å². The van der Waals surface area contributed by atoms with Gasteiger partial charge in [-0.15, -0.1) is 0 Å². The van der Waals surface area contributed by atoms with Crippen molar-refractivity contribution in [3.8, 4) is 0 Å². The van der Waals surface area contributed by atoms with Crippen LogP contribution in [-0.2, 0) is 19.5 Å². The van der Waals surface area contributed by atoms with E-state index in [1.165, 1.54) is 5.56 Å². The Bertz CT molecular complexity index is 172. The van der Waals surface area contributed by atoms with E-state index in [4.69, 9.17) is 0 Å². The number of benzene rings is 1. The van der Waals surface area contributed by atoms with Gasteiger partial charge < -0.3 is 24.0 Å². The molecule has 11 heavy (non-hydrogen) atoms. The van der Waals surface area contributed by atoms with Gasteiger partial charge >= 0.3 is 19.5 Å². The first-order chi connectivity index (χ1) is 4.30. The third-order valence-electron chi connectivity index (χ3n) is 1.41. The maximum atomic E-state index is 2.99. The Balaban J connectivity index is 0. The molecule has 0 saturated carbocycles. The van der Waals surface area contributed by atoms with Crippen molar-refractivity contribution < 1.29 is 43.5 Å². The second kappa shape index (κ2) is 7.23. The normalized spacial score (nSPS) is 8.27. The Hall–Kier alpha value is 0.573. The van der Waals surface area contributed by atoms with Gasteiger partial charge in [0, 0.05) is 0 Å². The van der Waals surface area contributed by atoms with Gasteiger partial charge in [0.15, 0.2) is 0 Å². The molecule has 0 saturated heterocycles. The molecule has 1 rings (SSSR count). The first kappa shape index (κ1) is 14.1. The Morgan fingerprint density at radius 1 is 1.18 bits per heavy atom. The Kier molecular flexibility index (Phi) is 9.29. The van der Waals surface area contributed by atoms with Crippen LogP contribution in [0.15, 0.2) is 24.3 Å². The minimum absolute atomic E-state index is 0. The zero-order chi connectivity index (χ0) is 6.69. The number of halogens is 1. The number of hydrogen-bond acceptors (Lipinski definition) is 0. The van der Waals surface area contributed by atoms with Crippen LogP contribution in [0.1, 0.15) is 25.3 Å². The van der Waals surface area contributed by atoms with Crippen molar-refractivity contribution in [2.75, 3.05) is 0 Å². The molecule has 0 amide bonds. The molecule has 0 heterocycles. The van der Waals surface area contributed by atoms with Crippen LogP contribution in [0.2, 0.25) is 0 Å². The molecule has 0 nitrogen and oxygen atoms in total. The molecular formula is C9H11IZn. The molecule has 0 aliphatic heterocycles. The first-order valence-electron chi connectivity index (χ1n) is 3.26. The Morgan fingerprint density at radius 2 is 1.64 bits per heavy atom. The minimum atomic E-state index is 0. The van der Waals surface area contributed by atoms with Gasteiger partial charge in [0.25, 0.3) is 0 Å². The number of rotatable bonds is 1. The SMILES string of the molecule is CC(C)c1cc[c-]cc1.[I-].[Zn+2]. The van der Waals surface area contributed by atoms with Gasteiger partial charge in [-0.3, -0.25) is 0 Å². The smallest absolute Gasteiger partial charge is 1.00 e. The zero-order valence-electron chi connectivity index (χ0n) is 6.97. The van der Waals surface area contributed by atoms with E-state index in [-0.39, 0.29) is 43.5 Å². The summed E-state index contributed by atoms with van der Waals surface area (Å²) in [6, 6.07) is 11.1. The van der Waals surface area contributed by atoms with Crippen LogP contribution in [-0.4, -0.2) is 0 Å². The van der Waals surface area contributed by atoms with Crippen LogP contribution >= 0.6 is 0 Å². The van der Waals surface area contributed by atoms with Crippen molar-refractivity contribution in [2.45, 2.75) is 19.8 Å². The summed E-state index contributed by atoms with van der Waals surface area (Å²) in [6.07, 6.45) is 0. The molecule has 0 unspecified atom stereocenters. The fourth-order valence-corrected chi connectivity index (χ4v) is 0.785. The van der Waals surface area contributed by atoms with Crippen LogP contribution in [0.25, 0.3) is 0 Å². The van der Waals surface area contributed by atoms with E-state index in [0.717, 1.165) is 0 Å². The molecule has 0 bridgehead atoms. The molecule has 1 aromatic carbocycles. The van der Waals surface area contributed by atoms with Crippen molar-refractivity contribution in [2.24, 2.45) is 0 Å². The second-order valence-electron chi connectivity index (χ2n) is 2.49. The first-order valence-corrected chi connectivity index (χ1v) is 3.26. The molecule has 0 spiro atoms. The Labute approximate surface area is 98.6 Å². The summed E-state index contributed by atoms with van der Waals surface area (Å²) in [4.78, 5) is 0. The van der Waals surface area contributed by atoms with Gasteiger partial charge in [0.05, 0.1) is 0 Å². The van der Waals surface area contributed by atoms with Crippen LogP contribution in [0.3, 0.4) is 0 Å².